The number of carbonyl (C=O) groups excluding carboxylic acids is 2. The van der Waals surface area contributed by atoms with Crippen molar-refractivity contribution in [2.75, 3.05) is 6.54 Å². The number of hydrogen-bond acceptors (Lipinski definition) is 4. The fraction of sp³-hybridized carbons (Fsp3) is 0.406. The number of likely N-dealkylation sites (tertiary alicyclic amines) is 1. The fourth-order valence-electron chi connectivity index (χ4n) is 5.15. The van der Waals surface area contributed by atoms with Crippen molar-refractivity contribution in [1.29, 1.82) is 0 Å². The van der Waals surface area contributed by atoms with E-state index in [0.29, 0.717) is 35.5 Å². The van der Waals surface area contributed by atoms with Crippen LogP contribution >= 0.6 is 0 Å². The summed E-state index contributed by atoms with van der Waals surface area (Å²) in [6.07, 6.45) is 9.75. The van der Waals surface area contributed by atoms with E-state index in [1.165, 1.54) is 6.08 Å². The first-order valence-electron chi connectivity index (χ1n) is 13.9. The summed E-state index contributed by atoms with van der Waals surface area (Å²) in [4.78, 5) is 32.8. The highest BCUT2D eigenvalue weighted by Crippen LogP contribution is 2.30. The minimum Gasteiger partial charge on any atom is -0.383 e. The molecule has 1 aromatic carbocycles. The van der Waals surface area contributed by atoms with Crippen LogP contribution in [0, 0.1) is 17.8 Å². The molecule has 0 bridgehead atoms. The van der Waals surface area contributed by atoms with Gasteiger partial charge in [-0.3, -0.25) is 9.59 Å². The highest BCUT2D eigenvalue weighted by atomic mass is 16.2. The monoisotopic (exact) mass is 525 g/mol. The molecule has 4 rings (SSSR count). The quantitative estimate of drug-likeness (QED) is 0.315. The van der Waals surface area contributed by atoms with Crippen LogP contribution in [0.3, 0.4) is 0 Å². The highest BCUT2D eigenvalue weighted by Gasteiger charge is 2.35. The van der Waals surface area contributed by atoms with Gasteiger partial charge in [0.15, 0.2) is 0 Å². The molecule has 1 aromatic heterocycles. The minimum absolute atomic E-state index is 0.0277. The number of benzene rings is 1. The third kappa shape index (κ3) is 6.34. The summed E-state index contributed by atoms with van der Waals surface area (Å²) >= 11 is 0. The Bertz CT molecular complexity index is 1440. The zero-order valence-corrected chi connectivity index (χ0v) is 23.2. The van der Waals surface area contributed by atoms with Crippen LogP contribution in [0.4, 0.5) is 0 Å². The van der Waals surface area contributed by atoms with Gasteiger partial charge >= 0.3 is 0 Å². The molecule has 1 unspecified atom stereocenters. The Morgan fingerprint density at radius 3 is 2.64 bits per heavy atom. The topological polar surface area (TPSA) is 92.7 Å². The minimum atomic E-state index is -0.238. The Balaban J connectivity index is 1.95. The lowest BCUT2D eigenvalue weighted by atomic mass is 10.1. The SMILES string of the molecule is C=CC(=O)N1C[C@H](n2c(C#CC3CC3)c(C(=O)NCc3ccccc3)c(=C(\N)N=CC)/c2=C/CCC)CC1C. The van der Waals surface area contributed by atoms with Crippen LogP contribution in [0.2, 0.25) is 0 Å². The number of unbranched alkanes of at least 4 members (excludes halogenated alkanes) is 1. The molecule has 0 radical (unpaired) electrons. The lowest BCUT2D eigenvalue weighted by Crippen LogP contribution is -2.38. The molecule has 2 aromatic rings. The number of aliphatic imine (C=N–C) groups is 1. The smallest absolute Gasteiger partial charge is 0.255 e. The molecule has 2 fully saturated rings. The summed E-state index contributed by atoms with van der Waals surface area (Å²) in [5.41, 5.74) is 8.67. The van der Waals surface area contributed by atoms with Gasteiger partial charge in [0.25, 0.3) is 5.91 Å². The maximum absolute atomic E-state index is 14.0. The Labute approximate surface area is 231 Å². The standard InChI is InChI=1S/C32H39N5O2/c1-5-8-14-26-29(31(33)34-7-3)30(32(39)35-20-24-12-10-9-11-13-24)27(18-17-23-15-16-23)37(26)25-19-22(4)36(21-25)28(38)6-2/h6-7,9-14,22-23,25H,2,5,8,15-16,19-21,33H2,1,3-4H3,(H,35,39)/b26-14-,31-29+,34-7?/t22?,25-/m1/s1. The Hall–Kier alpha value is -4.05. The van der Waals surface area contributed by atoms with Gasteiger partial charge in [-0.2, -0.15) is 0 Å². The van der Waals surface area contributed by atoms with Gasteiger partial charge in [0.05, 0.1) is 16.8 Å². The van der Waals surface area contributed by atoms with Gasteiger partial charge < -0.3 is 20.5 Å². The van der Waals surface area contributed by atoms with Crippen LogP contribution in [-0.4, -0.2) is 40.1 Å². The zero-order valence-electron chi connectivity index (χ0n) is 23.2. The van der Waals surface area contributed by atoms with E-state index >= 15 is 0 Å². The van der Waals surface area contributed by atoms with E-state index < -0.39 is 0 Å². The molecule has 0 spiro atoms. The molecular weight excluding hydrogens is 486 g/mol. The van der Waals surface area contributed by atoms with Crippen LogP contribution in [0.15, 0.2) is 48.0 Å². The van der Waals surface area contributed by atoms with Gasteiger partial charge in [-0.1, -0.05) is 62.3 Å². The number of nitrogens with two attached hydrogens (primary N) is 1. The molecule has 7 nitrogen and oxygen atoms in total. The van der Waals surface area contributed by atoms with Crippen LogP contribution in [0.5, 0.6) is 0 Å². The zero-order chi connectivity index (χ0) is 27.9. The fourth-order valence-corrected chi connectivity index (χ4v) is 5.15. The van der Waals surface area contributed by atoms with Gasteiger partial charge in [-0.25, -0.2) is 4.99 Å². The second-order valence-electron chi connectivity index (χ2n) is 10.3. The van der Waals surface area contributed by atoms with Gasteiger partial charge in [0.1, 0.15) is 11.5 Å². The molecule has 7 heteroatoms. The van der Waals surface area contributed by atoms with Gasteiger partial charge in [0, 0.05) is 36.6 Å². The average molecular weight is 526 g/mol. The lowest BCUT2D eigenvalue weighted by molar-refractivity contribution is -0.126. The van der Waals surface area contributed by atoms with Gasteiger partial charge in [0.2, 0.25) is 5.91 Å². The summed E-state index contributed by atoms with van der Waals surface area (Å²) in [5, 5.41) is 4.54. The molecule has 3 N–H and O–H groups in total. The number of hydrogen-bond donors (Lipinski definition) is 2. The Morgan fingerprint density at radius 2 is 2.00 bits per heavy atom. The molecule has 2 amide bonds. The molecule has 1 aliphatic heterocycles. The van der Waals surface area contributed by atoms with E-state index in [1.54, 1.807) is 13.1 Å². The molecule has 1 aliphatic carbocycles. The van der Waals surface area contributed by atoms with Crippen molar-refractivity contribution < 1.29 is 9.59 Å². The second-order valence-corrected chi connectivity index (χ2v) is 10.3. The van der Waals surface area contributed by atoms with Crippen molar-refractivity contribution in [1.82, 2.24) is 14.8 Å². The summed E-state index contributed by atoms with van der Waals surface area (Å²) in [6.45, 7) is 10.5. The molecule has 1 saturated heterocycles. The van der Waals surface area contributed by atoms with Crippen LogP contribution in [-0.2, 0) is 11.3 Å². The van der Waals surface area contributed by atoms with E-state index in [4.69, 9.17) is 5.73 Å². The molecule has 2 atom stereocenters. The number of aromatic nitrogens is 1. The molecule has 204 valence electrons. The van der Waals surface area contributed by atoms with E-state index in [1.807, 2.05) is 42.2 Å². The normalized spacial score (nSPS) is 20.1. The summed E-state index contributed by atoms with van der Waals surface area (Å²) in [7, 11) is 0. The van der Waals surface area contributed by atoms with Crippen molar-refractivity contribution in [2.45, 2.75) is 71.5 Å². The van der Waals surface area contributed by atoms with E-state index in [0.717, 1.165) is 43.0 Å². The van der Waals surface area contributed by atoms with Crippen LogP contribution in [0.1, 0.15) is 80.5 Å². The van der Waals surface area contributed by atoms with E-state index in [2.05, 4.69) is 46.3 Å². The molecule has 1 saturated carbocycles. The first-order chi connectivity index (χ1) is 18.9. The number of nitrogens with one attached hydrogen (secondary N) is 1. The van der Waals surface area contributed by atoms with E-state index in [9.17, 15) is 9.59 Å². The van der Waals surface area contributed by atoms with Gasteiger partial charge in [-0.05, 0) is 57.1 Å². The molecule has 2 aliphatic rings. The predicted molar refractivity (Wildman–Crippen MR) is 157 cm³/mol. The van der Waals surface area contributed by atoms with E-state index in [-0.39, 0.29) is 29.7 Å². The largest absolute Gasteiger partial charge is 0.383 e. The maximum Gasteiger partial charge on any atom is 0.255 e. The predicted octanol–water partition coefficient (Wildman–Crippen LogP) is 3.22. The van der Waals surface area contributed by atoms with Crippen molar-refractivity contribution in [3.8, 4) is 11.8 Å². The second kappa shape index (κ2) is 12.7. The summed E-state index contributed by atoms with van der Waals surface area (Å²) < 4.78 is 2.16. The first kappa shape index (κ1) is 28.0. The van der Waals surface area contributed by atoms with Crippen molar-refractivity contribution >= 4 is 29.9 Å². The molecular formula is C32H39N5O2. The number of nitrogens with zero attached hydrogens (tertiary/aromatic N) is 3. The third-order valence-corrected chi connectivity index (χ3v) is 7.26. The first-order valence-corrected chi connectivity index (χ1v) is 13.9. The van der Waals surface area contributed by atoms with Crippen LogP contribution in [0.25, 0.3) is 11.9 Å². The Morgan fingerprint density at radius 1 is 1.26 bits per heavy atom. The summed E-state index contributed by atoms with van der Waals surface area (Å²) in [6, 6.07) is 9.77. The van der Waals surface area contributed by atoms with Crippen molar-refractivity contribution in [3.63, 3.8) is 0 Å². The summed E-state index contributed by atoms with van der Waals surface area (Å²) in [5.74, 6) is 7.07. The number of rotatable bonds is 8. The third-order valence-electron chi connectivity index (χ3n) is 7.26. The van der Waals surface area contributed by atoms with Gasteiger partial charge in [-0.15, -0.1) is 0 Å². The maximum atomic E-state index is 14.0. The molecule has 2 heterocycles. The van der Waals surface area contributed by atoms with Crippen molar-refractivity contribution in [3.05, 3.63) is 70.4 Å². The molecule has 39 heavy (non-hydrogen) atoms. The van der Waals surface area contributed by atoms with Crippen LogP contribution < -0.4 is 21.6 Å². The Kier molecular flexibility index (Phi) is 9.08. The highest BCUT2D eigenvalue weighted by molar-refractivity contribution is 5.97. The number of carbonyl (C=O) groups is 2. The van der Waals surface area contributed by atoms with Crippen molar-refractivity contribution in [2.24, 2.45) is 16.6 Å². The number of amides is 2. The average Bonchev–Trinajstić information content (AvgIpc) is 3.61. The lowest BCUT2D eigenvalue weighted by Gasteiger charge is -2.19.